The quantitative estimate of drug-likeness (QED) is 0.910. The van der Waals surface area contributed by atoms with E-state index in [1.54, 1.807) is 6.07 Å². The number of benzene rings is 1. The molecule has 17 heavy (non-hydrogen) atoms. The maximum absolute atomic E-state index is 13.3. The fourth-order valence-electron chi connectivity index (χ4n) is 1.20. The fourth-order valence-corrected chi connectivity index (χ4v) is 1.65. The summed E-state index contributed by atoms with van der Waals surface area (Å²) in [6.45, 7) is 0. The number of nitrogens with zero attached hydrogens (tertiary/aromatic N) is 1. The molecule has 2 aromatic rings. The number of ether oxygens (including phenoxy) is 1. The van der Waals surface area contributed by atoms with Gasteiger partial charge in [-0.05, 0) is 28.1 Å². The first kappa shape index (κ1) is 12.1. The third-order valence-electron chi connectivity index (χ3n) is 1.99. The van der Waals surface area contributed by atoms with E-state index in [1.807, 2.05) is 0 Å². The van der Waals surface area contributed by atoms with E-state index >= 15 is 0 Å². The van der Waals surface area contributed by atoms with Gasteiger partial charge in [-0.25, -0.2) is 4.39 Å². The first-order valence-electron chi connectivity index (χ1n) is 4.60. The summed E-state index contributed by atoms with van der Waals surface area (Å²) >= 11 is 8.93. The highest BCUT2D eigenvalue weighted by Gasteiger charge is 2.09. The second-order valence-electron chi connectivity index (χ2n) is 3.22. The zero-order valence-electron chi connectivity index (χ0n) is 8.45. The zero-order valence-corrected chi connectivity index (χ0v) is 10.8. The van der Waals surface area contributed by atoms with Crippen molar-refractivity contribution in [2.24, 2.45) is 0 Å². The van der Waals surface area contributed by atoms with Crippen LogP contribution in [0.15, 0.2) is 35.1 Å². The van der Waals surface area contributed by atoms with Gasteiger partial charge in [0.2, 0.25) is 0 Å². The summed E-state index contributed by atoms with van der Waals surface area (Å²) in [5.74, 6) is 0.153. The van der Waals surface area contributed by atoms with Crippen LogP contribution in [0.1, 0.15) is 0 Å². The maximum Gasteiger partial charge on any atom is 0.172 e. The summed E-state index contributed by atoms with van der Waals surface area (Å²) in [5.41, 5.74) is 5.95. The first-order valence-corrected chi connectivity index (χ1v) is 5.77. The van der Waals surface area contributed by atoms with E-state index in [1.165, 1.54) is 24.5 Å². The van der Waals surface area contributed by atoms with Crippen molar-refractivity contribution in [3.63, 3.8) is 0 Å². The second-order valence-corrected chi connectivity index (χ2v) is 4.48. The summed E-state index contributed by atoms with van der Waals surface area (Å²) in [4.78, 5) is 3.80. The van der Waals surface area contributed by atoms with E-state index in [4.69, 9.17) is 22.1 Å². The Morgan fingerprint density at radius 2 is 2.12 bits per heavy atom. The van der Waals surface area contributed by atoms with Gasteiger partial charge in [0.05, 0.1) is 16.4 Å². The molecule has 0 saturated carbocycles. The van der Waals surface area contributed by atoms with E-state index in [0.717, 1.165) is 0 Å². The molecule has 0 saturated heterocycles. The molecule has 0 spiro atoms. The Balaban J connectivity index is 2.35. The van der Waals surface area contributed by atoms with Gasteiger partial charge in [-0.1, -0.05) is 11.6 Å². The maximum atomic E-state index is 13.3. The van der Waals surface area contributed by atoms with Gasteiger partial charge in [0.25, 0.3) is 0 Å². The monoisotopic (exact) mass is 316 g/mol. The highest BCUT2D eigenvalue weighted by atomic mass is 79.9. The van der Waals surface area contributed by atoms with Gasteiger partial charge in [-0.15, -0.1) is 0 Å². The second kappa shape index (κ2) is 4.89. The van der Waals surface area contributed by atoms with Crippen molar-refractivity contribution in [2.75, 3.05) is 5.73 Å². The molecule has 1 aromatic carbocycles. The number of pyridine rings is 1. The van der Waals surface area contributed by atoms with E-state index in [2.05, 4.69) is 20.9 Å². The number of nitrogen functional groups attached to an aromatic ring is 1. The van der Waals surface area contributed by atoms with Crippen LogP contribution in [0.3, 0.4) is 0 Å². The Hall–Kier alpha value is -1.33. The van der Waals surface area contributed by atoms with Gasteiger partial charge in [0, 0.05) is 12.3 Å². The van der Waals surface area contributed by atoms with Crippen molar-refractivity contribution < 1.29 is 9.13 Å². The molecular formula is C11H7BrClFN2O. The molecule has 0 atom stereocenters. The summed E-state index contributed by atoms with van der Waals surface area (Å²) in [7, 11) is 0. The standard InChI is InChI=1S/C11H7BrClFN2O/c12-7-2-1-6(3-9(7)14)17-11-8(13)4-16-5-10(11)15/h1-5H,15H2. The predicted molar refractivity (Wildman–Crippen MR) is 67.8 cm³/mol. The average molecular weight is 318 g/mol. The molecule has 2 rings (SSSR count). The molecule has 0 amide bonds. The van der Waals surface area contributed by atoms with Gasteiger partial charge in [-0.3, -0.25) is 4.98 Å². The van der Waals surface area contributed by atoms with Crippen molar-refractivity contribution in [3.8, 4) is 11.5 Å². The minimum Gasteiger partial charge on any atom is -0.453 e. The van der Waals surface area contributed by atoms with E-state index in [-0.39, 0.29) is 10.8 Å². The Morgan fingerprint density at radius 1 is 1.35 bits per heavy atom. The number of nitrogens with two attached hydrogens (primary N) is 1. The van der Waals surface area contributed by atoms with Crippen LogP contribution < -0.4 is 10.5 Å². The lowest BCUT2D eigenvalue weighted by Gasteiger charge is -2.09. The minimum absolute atomic E-state index is 0.267. The Kier molecular flexibility index (Phi) is 3.49. The van der Waals surface area contributed by atoms with Gasteiger partial charge in [-0.2, -0.15) is 0 Å². The largest absolute Gasteiger partial charge is 0.453 e. The smallest absolute Gasteiger partial charge is 0.172 e. The Labute approximate surface area is 110 Å². The molecule has 1 aromatic heterocycles. The lowest BCUT2D eigenvalue weighted by Crippen LogP contribution is -1.94. The van der Waals surface area contributed by atoms with Gasteiger partial charge < -0.3 is 10.5 Å². The molecule has 0 aliphatic rings. The third-order valence-corrected chi connectivity index (χ3v) is 2.90. The molecule has 0 aliphatic heterocycles. The topological polar surface area (TPSA) is 48.1 Å². The molecule has 6 heteroatoms. The Morgan fingerprint density at radius 3 is 2.76 bits per heavy atom. The molecule has 2 N–H and O–H groups in total. The van der Waals surface area contributed by atoms with Crippen molar-refractivity contribution in [2.45, 2.75) is 0 Å². The molecule has 0 radical (unpaired) electrons. The van der Waals surface area contributed by atoms with E-state index < -0.39 is 5.82 Å². The van der Waals surface area contributed by atoms with Crippen LogP contribution in [-0.4, -0.2) is 4.98 Å². The van der Waals surface area contributed by atoms with Crippen LogP contribution in [0.2, 0.25) is 5.02 Å². The normalized spacial score (nSPS) is 10.3. The van der Waals surface area contributed by atoms with Crippen LogP contribution in [-0.2, 0) is 0 Å². The molecule has 3 nitrogen and oxygen atoms in total. The van der Waals surface area contributed by atoms with Gasteiger partial charge in [0.15, 0.2) is 5.75 Å². The fraction of sp³-hybridized carbons (Fsp3) is 0. The molecule has 0 unspecified atom stereocenters. The first-order chi connectivity index (χ1) is 8.08. The third kappa shape index (κ3) is 2.68. The van der Waals surface area contributed by atoms with Crippen LogP contribution >= 0.6 is 27.5 Å². The molecule has 88 valence electrons. The summed E-state index contributed by atoms with van der Waals surface area (Å²) in [6.07, 6.45) is 2.82. The highest BCUT2D eigenvalue weighted by molar-refractivity contribution is 9.10. The van der Waals surface area contributed by atoms with Crippen LogP contribution in [0.25, 0.3) is 0 Å². The number of hydrogen-bond acceptors (Lipinski definition) is 3. The summed E-state index contributed by atoms with van der Waals surface area (Å²) < 4.78 is 19.1. The van der Waals surface area contributed by atoms with Crippen molar-refractivity contribution in [1.29, 1.82) is 0 Å². The Bertz CT molecular complexity index is 545. The van der Waals surface area contributed by atoms with E-state index in [9.17, 15) is 4.39 Å². The number of anilines is 1. The molecule has 0 bridgehead atoms. The van der Waals surface area contributed by atoms with Crippen LogP contribution in [0.5, 0.6) is 11.5 Å². The van der Waals surface area contributed by atoms with Crippen molar-refractivity contribution in [1.82, 2.24) is 4.98 Å². The lowest BCUT2D eigenvalue weighted by atomic mass is 10.3. The van der Waals surface area contributed by atoms with Crippen molar-refractivity contribution in [3.05, 3.63) is 45.9 Å². The highest BCUT2D eigenvalue weighted by Crippen LogP contribution is 2.34. The predicted octanol–water partition coefficient (Wildman–Crippen LogP) is 4.01. The SMILES string of the molecule is Nc1cncc(Cl)c1Oc1ccc(Br)c(F)c1. The number of rotatable bonds is 2. The zero-order chi connectivity index (χ0) is 12.4. The molecule has 1 heterocycles. The minimum atomic E-state index is -0.425. The number of hydrogen-bond donors (Lipinski definition) is 1. The average Bonchev–Trinajstić information content (AvgIpc) is 2.28. The molecule has 0 fully saturated rings. The lowest BCUT2D eigenvalue weighted by molar-refractivity contribution is 0.478. The van der Waals surface area contributed by atoms with Gasteiger partial charge in [0.1, 0.15) is 16.6 Å². The molecule has 0 aliphatic carbocycles. The number of halogens is 3. The van der Waals surface area contributed by atoms with E-state index in [0.29, 0.717) is 15.9 Å². The number of aromatic nitrogens is 1. The van der Waals surface area contributed by atoms with Crippen LogP contribution in [0.4, 0.5) is 10.1 Å². The van der Waals surface area contributed by atoms with Crippen molar-refractivity contribution >= 4 is 33.2 Å². The summed E-state index contributed by atoms with van der Waals surface area (Å²) in [6, 6.07) is 4.37. The van der Waals surface area contributed by atoms with Gasteiger partial charge >= 0.3 is 0 Å². The molecular weight excluding hydrogens is 310 g/mol. The summed E-state index contributed by atoms with van der Waals surface area (Å²) in [5, 5.41) is 0.272. The van der Waals surface area contributed by atoms with Crippen LogP contribution in [0, 0.1) is 5.82 Å².